The maximum Gasteiger partial charge on any atom is 0.314 e. The third-order valence-corrected chi connectivity index (χ3v) is 5.27. The van der Waals surface area contributed by atoms with Crippen molar-refractivity contribution in [1.82, 2.24) is 4.90 Å². The number of nitrogens with zero attached hydrogens (tertiary/aromatic N) is 1. The summed E-state index contributed by atoms with van der Waals surface area (Å²) in [5.74, 6) is -0.0333. The number of hydrogen-bond acceptors (Lipinski definition) is 3. The lowest BCUT2D eigenvalue weighted by Crippen LogP contribution is -2.47. The van der Waals surface area contributed by atoms with Gasteiger partial charge in [-0.25, -0.2) is 13.2 Å². The molecule has 0 aromatic heterocycles. The van der Waals surface area contributed by atoms with Crippen LogP contribution in [0.1, 0.15) is 16.4 Å². The highest BCUT2D eigenvalue weighted by Crippen LogP contribution is 2.28. The Balaban J connectivity index is 2.33. The zero-order chi connectivity index (χ0) is 13.3. The number of primary amides is 1. The maximum atomic E-state index is 12.1. The summed E-state index contributed by atoms with van der Waals surface area (Å²) in [5, 5.41) is -0.667. The summed E-state index contributed by atoms with van der Waals surface area (Å²) in [6.07, 6.45) is 0. The van der Waals surface area contributed by atoms with Gasteiger partial charge in [0.15, 0.2) is 9.84 Å². The molecule has 2 N–H and O–H groups in total. The average Bonchev–Trinajstić information content (AvgIpc) is 2.30. The van der Waals surface area contributed by atoms with Crippen molar-refractivity contribution in [2.45, 2.75) is 12.2 Å². The molecule has 0 radical (unpaired) electrons. The van der Waals surface area contributed by atoms with Gasteiger partial charge in [0.25, 0.3) is 0 Å². The molecule has 98 valence electrons. The van der Waals surface area contributed by atoms with Gasteiger partial charge in [-0.3, -0.25) is 0 Å². The van der Waals surface area contributed by atoms with E-state index in [-0.39, 0.29) is 18.8 Å². The van der Waals surface area contributed by atoms with Crippen LogP contribution < -0.4 is 5.73 Å². The zero-order valence-corrected chi connectivity index (χ0v) is 11.0. The summed E-state index contributed by atoms with van der Waals surface area (Å²) >= 11 is 0. The Morgan fingerprint density at radius 2 is 1.94 bits per heavy atom. The second-order valence-corrected chi connectivity index (χ2v) is 6.85. The van der Waals surface area contributed by atoms with E-state index in [0.717, 1.165) is 5.56 Å². The standard InChI is InChI=1S/C12H16N2O3S/c1-9-2-4-10(5-3-9)11-8-14(12(13)15)6-7-18(11,16)17/h2-5,11H,6-8H2,1H3,(H2,13,15). The Labute approximate surface area is 107 Å². The Hall–Kier alpha value is -1.56. The van der Waals surface area contributed by atoms with Crippen LogP contribution in [0.15, 0.2) is 24.3 Å². The summed E-state index contributed by atoms with van der Waals surface area (Å²) < 4.78 is 24.1. The summed E-state index contributed by atoms with van der Waals surface area (Å²) in [6.45, 7) is 2.26. The van der Waals surface area contributed by atoms with Crippen LogP contribution in [0.3, 0.4) is 0 Å². The van der Waals surface area contributed by atoms with Crippen molar-refractivity contribution in [3.63, 3.8) is 0 Å². The Morgan fingerprint density at radius 1 is 1.33 bits per heavy atom. The molecule has 0 bridgehead atoms. The van der Waals surface area contributed by atoms with Gasteiger partial charge in [-0.15, -0.1) is 0 Å². The minimum atomic E-state index is -3.21. The highest BCUT2D eigenvalue weighted by Gasteiger charge is 2.35. The van der Waals surface area contributed by atoms with E-state index >= 15 is 0 Å². The minimum absolute atomic E-state index is 0.0333. The molecule has 0 saturated carbocycles. The SMILES string of the molecule is Cc1ccc(C2CN(C(N)=O)CCS2(=O)=O)cc1. The minimum Gasteiger partial charge on any atom is -0.351 e. The lowest BCUT2D eigenvalue weighted by atomic mass is 10.1. The first-order valence-electron chi connectivity index (χ1n) is 5.72. The van der Waals surface area contributed by atoms with E-state index in [9.17, 15) is 13.2 Å². The van der Waals surface area contributed by atoms with E-state index in [1.165, 1.54) is 4.90 Å². The van der Waals surface area contributed by atoms with Crippen molar-refractivity contribution in [2.24, 2.45) is 5.73 Å². The van der Waals surface area contributed by atoms with Gasteiger partial charge in [-0.05, 0) is 12.5 Å². The number of rotatable bonds is 1. The van der Waals surface area contributed by atoms with Gasteiger partial charge in [0.05, 0.1) is 5.75 Å². The monoisotopic (exact) mass is 268 g/mol. The van der Waals surface area contributed by atoms with E-state index in [1.807, 2.05) is 19.1 Å². The summed E-state index contributed by atoms with van der Waals surface area (Å²) in [5.41, 5.74) is 6.99. The molecule has 1 saturated heterocycles. The van der Waals surface area contributed by atoms with Crippen molar-refractivity contribution in [1.29, 1.82) is 0 Å². The number of carbonyl (C=O) groups excluding carboxylic acids is 1. The first kappa shape index (κ1) is 12.9. The average molecular weight is 268 g/mol. The molecule has 1 unspecified atom stereocenters. The first-order chi connectivity index (χ1) is 8.40. The lowest BCUT2D eigenvalue weighted by molar-refractivity contribution is 0.208. The molecule has 1 fully saturated rings. The molecule has 1 aliphatic heterocycles. The number of carbonyl (C=O) groups is 1. The first-order valence-corrected chi connectivity index (χ1v) is 7.44. The number of amides is 2. The van der Waals surface area contributed by atoms with Crippen molar-refractivity contribution < 1.29 is 13.2 Å². The highest BCUT2D eigenvalue weighted by atomic mass is 32.2. The highest BCUT2D eigenvalue weighted by molar-refractivity contribution is 7.91. The van der Waals surface area contributed by atoms with E-state index in [2.05, 4.69) is 0 Å². The molecule has 1 heterocycles. The molecular weight excluding hydrogens is 252 g/mol. The van der Waals surface area contributed by atoms with Crippen LogP contribution in [-0.2, 0) is 9.84 Å². The Bertz CT molecular complexity index is 551. The third-order valence-electron chi connectivity index (χ3n) is 3.23. The molecule has 1 aromatic carbocycles. The predicted octanol–water partition coefficient (Wildman–Crippen LogP) is 0.845. The van der Waals surface area contributed by atoms with Gasteiger partial charge in [-0.1, -0.05) is 29.8 Å². The van der Waals surface area contributed by atoms with Gasteiger partial charge >= 0.3 is 6.03 Å². The smallest absolute Gasteiger partial charge is 0.314 e. The van der Waals surface area contributed by atoms with Gasteiger partial charge < -0.3 is 10.6 Å². The topological polar surface area (TPSA) is 80.5 Å². The molecule has 6 heteroatoms. The van der Waals surface area contributed by atoms with Crippen LogP contribution in [0.25, 0.3) is 0 Å². The fourth-order valence-corrected chi connectivity index (χ4v) is 3.82. The molecule has 18 heavy (non-hydrogen) atoms. The molecule has 0 aliphatic carbocycles. The van der Waals surface area contributed by atoms with Gasteiger partial charge in [0.2, 0.25) is 0 Å². The zero-order valence-electron chi connectivity index (χ0n) is 10.2. The maximum absolute atomic E-state index is 12.1. The van der Waals surface area contributed by atoms with E-state index in [4.69, 9.17) is 5.73 Å². The summed E-state index contributed by atoms with van der Waals surface area (Å²) in [4.78, 5) is 12.5. The third kappa shape index (κ3) is 2.48. The van der Waals surface area contributed by atoms with Crippen molar-refractivity contribution in [3.8, 4) is 0 Å². The second kappa shape index (κ2) is 4.61. The van der Waals surface area contributed by atoms with E-state index < -0.39 is 21.1 Å². The molecular formula is C12H16N2O3S. The van der Waals surface area contributed by atoms with Crippen molar-refractivity contribution in [3.05, 3.63) is 35.4 Å². The second-order valence-electron chi connectivity index (χ2n) is 4.55. The molecule has 2 amide bonds. The van der Waals surface area contributed by atoms with Crippen LogP contribution in [-0.4, -0.2) is 38.2 Å². The molecule has 0 spiro atoms. The molecule has 2 rings (SSSR count). The van der Waals surface area contributed by atoms with E-state index in [1.54, 1.807) is 12.1 Å². The lowest BCUT2D eigenvalue weighted by Gasteiger charge is -2.31. The van der Waals surface area contributed by atoms with Gasteiger partial charge in [-0.2, -0.15) is 0 Å². The van der Waals surface area contributed by atoms with Crippen LogP contribution >= 0.6 is 0 Å². The number of aryl methyl sites for hydroxylation is 1. The van der Waals surface area contributed by atoms with Crippen molar-refractivity contribution in [2.75, 3.05) is 18.8 Å². The summed E-state index contributed by atoms with van der Waals surface area (Å²) in [7, 11) is -3.21. The summed E-state index contributed by atoms with van der Waals surface area (Å²) in [6, 6.07) is 6.76. The van der Waals surface area contributed by atoms with Crippen LogP contribution in [0, 0.1) is 6.92 Å². The number of hydrogen-bond donors (Lipinski definition) is 1. The van der Waals surface area contributed by atoms with Crippen LogP contribution in [0.5, 0.6) is 0 Å². The number of benzene rings is 1. The number of urea groups is 1. The fraction of sp³-hybridized carbons (Fsp3) is 0.417. The largest absolute Gasteiger partial charge is 0.351 e. The molecule has 1 aliphatic rings. The number of nitrogens with two attached hydrogens (primary N) is 1. The van der Waals surface area contributed by atoms with E-state index in [0.29, 0.717) is 5.56 Å². The van der Waals surface area contributed by atoms with Crippen LogP contribution in [0.2, 0.25) is 0 Å². The van der Waals surface area contributed by atoms with Gasteiger partial charge in [0.1, 0.15) is 5.25 Å². The normalized spacial score (nSPS) is 22.7. The quantitative estimate of drug-likeness (QED) is 0.819. The fourth-order valence-electron chi connectivity index (χ4n) is 2.08. The molecule has 1 atom stereocenters. The molecule has 1 aromatic rings. The van der Waals surface area contributed by atoms with Crippen LogP contribution in [0.4, 0.5) is 4.79 Å². The molecule has 5 nitrogen and oxygen atoms in total. The van der Waals surface area contributed by atoms with Gasteiger partial charge in [0, 0.05) is 13.1 Å². The van der Waals surface area contributed by atoms with Crippen molar-refractivity contribution >= 4 is 15.9 Å². The Morgan fingerprint density at radius 3 is 2.50 bits per heavy atom. The Kier molecular flexibility index (Phi) is 3.30. The number of sulfone groups is 1. The predicted molar refractivity (Wildman–Crippen MR) is 68.9 cm³/mol.